The van der Waals surface area contributed by atoms with Crippen LogP contribution in [0.4, 0.5) is 0 Å². The number of rotatable bonds is 3. The van der Waals surface area contributed by atoms with Crippen molar-refractivity contribution in [1.29, 1.82) is 0 Å². The zero-order valence-electron chi connectivity index (χ0n) is 9.06. The van der Waals surface area contributed by atoms with Crippen LogP contribution in [-0.4, -0.2) is 17.2 Å². The third-order valence-electron chi connectivity index (χ3n) is 3.18. The van der Waals surface area contributed by atoms with E-state index in [0.717, 1.165) is 12.5 Å². The number of nitrogens with one attached hydrogen (secondary N) is 2. The van der Waals surface area contributed by atoms with Gasteiger partial charge < -0.3 is 5.32 Å². The molecule has 0 saturated heterocycles. The maximum Gasteiger partial charge on any atom is 0.0797 e. The van der Waals surface area contributed by atoms with Crippen LogP contribution in [0.3, 0.4) is 0 Å². The summed E-state index contributed by atoms with van der Waals surface area (Å²) in [5.41, 5.74) is 3.97. The molecule has 1 aromatic rings. The zero-order chi connectivity index (χ0) is 9.97. The van der Waals surface area contributed by atoms with Crippen molar-refractivity contribution in [1.82, 2.24) is 15.5 Å². The molecule has 0 unspecified atom stereocenters. The van der Waals surface area contributed by atoms with Crippen LogP contribution >= 0.6 is 0 Å². The van der Waals surface area contributed by atoms with Gasteiger partial charge in [0.25, 0.3) is 0 Å². The van der Waals surface area contributed by atoms with Gasteiger partial charge >= 0.3 is 0 Å². The fourth-order valence-corrected chi connectivity index (χ4v) is 2.55. The van der Waals surface area contributed by atoms with Gasteiger partial charge in [0.05, 0.1) is 5.69 Å². The van der Waals surface area contributed by atoms with E-state index < -0.39 is 0 Å². The second-order valence-electron chi connectivity index (χ2n) is 4.22. The second kappa shape index (κ2) is 4.13. The molecule has 0 aliphatic heterocycles. The van der Waals surface area contributed by atoms with E-state index in [9.17, 15) is 0 Å². The molecule has 14 heavy (non-hydrogen) atoms. The Morgan fingerprint density at radius 1 is 1.43 bits per heavy atom. The van der Waals surface area contributed by atoms with Gasteiger partial charge in [0, 0.05) is 17.8 Å². The van der Waals surface area contributed by atoms with Crippen LogP contribution in [0.5, 0.6) is 0 Å². The Morgan fingerprint density at radius 2 is 2.14 bits per heavy atom. The predicted octanol–water partition coefficient (Wildman–Crippen LogP) is 2.10. The largest absolute Gasteiger partial charge is 0.314 e. The number of aryl methyl sites for hydroxylation is 1. The van der Waals surface area contributed by atoms with Crippen molar-refractivity contribution in [2.45, 2.75) is 45.1 Å². The van der Waals surface area contributed by atoms with E-state index >= 15 is 0 Å². The van der Waals surface area contributed by atoms with E-state index in [1.54, 1.807) is 0 Å². The first-order valence-corrected chi connectivity index (χ1v) is 5.51. The summed E-state index contributed by atoms with van der Waals surface area (Å²) in [6, 6.07) is 0. The number of aromatic nitrogens is 2. The third kappa shape index (κ3) is 1.69. The standard InChI is InChI=1S/C11H19N3/c1-8-11(9-5-3-4-6-9)10(7-12-2)14-13-8/h9,12H,3-7H2,1-2H3,(H,13,14). The van der Waals surface area contributed by atoms with E-state index in [2.05, 4.69) is 22.4 Å². The van der Waals surface area contributed by atoms with Gasteiger partial charge in [-0.1, -0.05) is 12.8 Å². The molecule has 2 rings (SSSR count). The third-order valence-corrected chi connectivity index (χ3v) is 3.18. The molecule has 1 heterocycles. The molecule has 1 fully saturated rings. The van der Waals surface area contributed by atoms with Gasteiger partial charge in [-0.05, 0) is 32.7 Å². The van der Waals surface area contributed by atoms with Crippen LogP contribution in [0, 0.1) is 6.92 Å². The number of aromatic amines is 1. The summed E-state index contributed by atoms with van der Waals surface area (Å²) in [6.07, 6.45) is 5.46. The summed E-state index contributed by atoms with van der Waals surface area (Å²) in [4.78, 5) is 0. The Bertz CT molecular complexity index is 297. The Kier molecular flexibility index (Phi) is 2.87. The smallest absolute Gasteiger partial charge is 0.0797 e. The Hall–Kier alpha value is -0.830. The first-order valence-electron chi connectivity index (χ1n) is 5.51. The topological polar surface area (TPSA) is 40.7 Å². The minimum atomic E-state index is 0.761. The van der Waals surface area contributed by atoms with Crippen molar-refractivity contribution in [3.8, 4) is 0 Å². The molecule has 0 atom stereocenters. The molecule has 1 aliphatic rings. The summed E-state index contributed by atoms with van der Waals surface area (Å²) in [6.45, 7) is 3.02. The van der Waals surface area contributed by atoms with Crippen molar-refractivity contribution < 1.29 is 0 Å². The lowest BCUT2D eigenvalue weighted by Gasteiger charge is -2.10. The van der Waals surface area contributed by atoms with Crippen molar-refractivity contribution in [2.24, 2.45) is 0 Å². The van der Waals surface area contributed by atoms with Crippen LogP contribution in [0.2, 0.25) is 0 Å². The lowest BCUT2D eigenvalue weighted by Crippen LogP contribution is -2.09. The summed E-state index contributed by atoms with van der Waals surface area (Å²) in [5, 5.41) is 10.7. The number of hydrogen-bond donors (Lipinski definition) is 2. The Labute approximate surface area is 85.3 Å². The van der Waals surface area contributed by atoms with Gasteiger partial charge in [-0.2, -0.15) is 5.10 Å². The quantitative estimate of drug-likeness (QED) is 0.771. The second-order valence-corrected chi connectivity index (χ2v) is 4.22. The van der Waals surface area contributed by atoms with Crippen LogP contribution in [-0.2, 0) is 6.54 Å². The van der Waals surface area contributed by atoms with Gasteiger partial charge in [0.2, 0.25) is 0 Å². The van der Waals surface area contributed by atoms with Gasteiger partial charge in [-0.15, -0.1) is 0 Å². The van der Waals surface area contributed by atoms with Crippen LogP contribution in [0.15, 0.2) is 0 Å². The van der Waals surface area contributed by atoms with E-state index in [-0.39, 0.29) is 0 Å². The highest BCUT2D eigenvalue weighted by atomic mass is 15.1. The Morgan fingerprint density at radius 3 is 2.79 bits per heavy atom. The normalized spacial score (nSPS) is 17.9. The van der Waals surface area contributed by atoms with Crippen molar-refractivity contribution in [3.05, 3.63) is 17.0 Å². The highest BCUT2D eigenvalue weighted by Gasteiger charge is 2.23. The minimum Gasteiger partial charge on any atom is -0.314 e. The molecule has 0 bridgehead atoms. The van der Waals surface area contributed by atoms with E-state index in [1.165, 1.54) is 42.6 Å². The molecule has 0 radical (unpaired) electrons. The summed E-state index contributed by atoms with van der Waals surface area (Å²) < 4.78 is 0. The maximum absolute atomic E-state index is 4.36. The molecule has 2 N–H and O–H groups in total. The lowest BCUT2D eigenvalue weighted by molar-refractivity contribution is 0.691. The molecule has 1 aliphatic carbocycles. The Balaban J connectivity index is 2.24. The van der Waals surface area contributed by atoms with Gasteiger partial charge in [-0.25, -0.2) is 0 Å². The summed E-state index contributed by atoms with van der Waals surface area (Å²) >= 11 is 0. The minimum absolute atomic E-state index is 0.761. The molecule has 1 aromatic heterocycles. The number of hydrogen-bond acceptors (Lipinski definition) is 2. The number of nitrogens with zero attached hydrogens (tertiary/aromatic N) is 1. The zero-order valence-corrected chi connectivity index (χ0v) is 9.06. The molecule has 0 amide bonds. The van der Waals surface area contributed by atoms with E-state index in [0.29, 0.717) is 0 Å². The molecular weight excluding hydrogens is 174 g/mol. The fraction of sp³-hybridized carbons (Fsp3) is 0.727. The fourth-order valence-electron chi connectivity index (χ4n) is 2.55. The molecule has 0 aromatic carbocycles. The van der Waals surface area contributed by atoms with Crippen molar-refractivity contribution >= 4 is 0 Å². The molecular formula is C11H19N3. The van der Waals surface area contributed by atoms with Crippen LogP contribution in [0.1, 0.15) is 48.6 Å². The molecule has 1 saturated carbocycles. The van der Waals surface area contributed by atoms with Crippen LogP contribution < -0.4 is 5.32 Å². The van der Waals surface area contributed by atoms with Gasteiger partial charge in [0.15, 0.2) is 0 Å². The molecule has 3 nitrogen and oxygen atoms in total. The summed E-state index contributed by atoms with van der Waals surface area (Å²) in [7, 11) is 1.97. The number of H-pyrrole nitrogens is 1. The highest BCUT2D eigenvalue weighted by molar-refractivity contribution is 5.29. The van der Waals surface area contributed by atoms with E-state index in [1.807, 2.05) is 7.05 Å². The molecule has 78 valence electrons. The highest BCUT2D eigenvalue weighted by Crippen LogP contribution is 2.36. The van der Waals surface area contributed by atoms with Gasteiger partial charge in [-0.3, -0.25) is 5.10 Å². The van der Waals surface area contributed by atoms with Crippen molar-refractivity contribution in [3.63, 3.8) is 0 Å². The SMILES string of the molecule is CNCc1n[nH]c(C)c1C1CCCC1. The maximum atomic E-state index is 4.36. The lowest BCUT2D eigenvalue weighted by atomic mass is 9.95. The van der Waals surface area contributed by atoms with Gasteiger partial charge in [0.1, 0.15) is 0 Å². The average molecular weight is 193 g/mol. The molecule has 3 heteroatoms. The van der Waals surface area contributed by atoms with E-state index in [4.69, 9.17) is 0 Å². The predicted molar refractivity (Wildman–Crippen MR) is 57.3 cm³/mol. The first-order chi connectivity index (χ1) is 6.83. The van der Waals surface area contributed by atoms with Crippen molar-refractivity contribution in [2.75, 3.05) is 7.05 Å². The first kappa shape index (κ1) is 9.71. The molecule has 0 spiro atoms. The van der Waals surface area contributed by atoms with Crippen LogP contribution in [0.25, 0.3) is 0 Å². The monoisotopic (exact) mass is 193 g/mol. The summed E-state index contributed by atoms with van der Waals surface area (Å²) in [5.74, 6) is 0.761. The average Bonchev–Trinajstić information content (AvgIpc) is 2.76.